The second-order valence-electron chi connectivity index (χ2n) is 2.88. The number of hydrogen-bond acceptors (Lipinski definition) is 2. The van der Waals surface area contributed by atoms with Crippen LogP contribution in [-0.4, -0.2) is 18.2 Å². The van der Waals surface area contributed by atoms with Gasteiger partial charge in [-0.3, -0.25) is 0 Å². The van der Waals surface area contributed by atoms with Crippen molar-refractivity contribution in [3.63, 3.8) is 0 Å². The maximum absolute atomic E-state index is 5.13. The topological polar surface area (TPSA) is 12.5 Å². The molecule has 0 aromatic carbocycles. The summed E-state index contributed by atoms with van der Waals surface area (Å²) in [7, 11) is 0. The Balaban J connectivity index is 2.19. The summed E-state index contributed by atoms with van der Waals surface area (Å²) in [6.07, 6.45) is 3.98. The highest BCUT2D eigenvalue weighted by Gasteiger charge is 2.14. The Morgan fingerprint density at radius 2 is 2.10 bits per heavy atom. The molecule has 0 bridgehead atoms. The molecular weight excluding hydrogens is 126 g/mol. The maximum Gasteiger partial charge on any atom is 0.104 e. The van der Waals surface area contributed by atoms with Crippen molar-refractivity contribution in [2.45, 2.75) is 19.8 Å². The maximum atomic E-state index is 5.13. The molecule has 0 aromatic rings. The number of rotatable bonds is 2. The minimum Gasteiger partial charge on any atom is -0.414 e. The highest BCUT2D eigenvalue weighted by Crippen LogP contribution is 2.15. The molecule has 0 aliphatic carbocycles. The zero-order chi connectivity index (χ0) is 7.40. The average Bonchev–Trinajstić information content (AvgIpc) is 1.95. The highest BCUT2D eigenvalue weighted by molar-refractivity contribution is 4.64. The van der Waals surface area contributed by atoms with Crippen LogP contribution in [0.2, 0.25) is 0 Å². The zero-order valence-corrected chi connectivity index (χ0v) is 6.55. The lowest BCUT2D eigenvalue weighted by Gasteiger charge is -2.27. The van der Waals surface area contributed by atoms with Gasteiger partial charge in [0.1, 0.15) is 6.26 Å². The van der Waals surface area contributed by atoms with Crippen molar-refractivity contribution in [1.82, 2.24) is 5.06 Å². The third kappa shape index (κ3) is 2.03. The fraction of sp³-hybridized carbons (Fsp3) is 0.750. The third-order valence-electron chi connectivity index (χ3n) is 1.97. The van der Waals surface area contributed by atoms with Crippen LogP contribution in [0.3, 0.4) is 0 Å². The molecule has 1 saturated heterocycles. The Morgan fingerprint density at radius 3 is 2.60 bits per heavy atom. The summed E-state index contributed by atoms with van der Waals surface area (Å²) >= 11 is 0. The fourth-order valence-corrected chi connectivity index (χ4v) is 1.20. The molecule has 0 N–H and O–H groups in total. The molecule has 1 heterocycles. The summed E-state index contributed by atoms with van der Waals surface area (Å²) in [6.45, 7) is 7.89. The van der Waals surface area contributed by atoms with Crippen LogP contribution in [0, 0.1) is 5.92 Å². The molecular formula is C8H15NO. The van der Waals surface area contributed by atoms with E-state index in [0.717, 1.165) is 19.0 Å². The van der Waals surface area contributed by atoms with Crippen LogP contribution in [0.1, 0.15) is 19.8 Å². The number of piperidine rings is 1. The van der Waals surface area contributed by atoms with E-state index in [-0.39, 0.29) is 0 Å². The van der Waals surface area contributed by atoms with Crippen molar-refractivity contribution in [3.8, 4) is 0 Å². The van der Waals surface area contributed by atoms with Gasteiger partial charge in [-0.25, -0.2) is 0 Å². The van der Waals surface area contributed by atoms with Crippen LogP contribution in [-0.2, 0) is 4.84 Å². The molecule has 0 saturated carbocycles. The van der Waals surface area contributed by atoms with Gasteiger partial charge in [0, 0.05) is 13.1 Å². The van der Waals surface area contributed by atoms with Crippen LogP contribution in [0.25, 0.3) is 0 Å². The molecule has 2 heteroatoms. The second kappa shape index (κ2) is 3.62. The van der Waals surface area contributed by atoms with E-state index in [0.29, 0.717) is 0 Å². The van der Waals surface area contributed by atoms with Gasteiger partial charge >= 0.3 is 0 Å². The lowest BCUT2D eigenvalue weighted by molar-refractivity contribution is -0.121. The van der Waals surface area contributed by atoms with Crippen molar-refractivity contribution >= 4 is 0 Å². The van der Waals surface area contributed by atoms with E-state index in [9.17, 15) is 0 Å². The van der Waals surface area contributed by atoms with E-state index in [2.05, 4.69) is 13.5 Å². The number of hydrogen-bond donors (Lipinski definition) is 0. The Morgan fingerprint density at radius 1 is 1.50 bits per heavy atom. The quantitative estimate of drug-likeness (QED) is 0.544. The van der Waals surface area contributed by atoms with Crippen LogP contribution >= 0.6 is 0 Å². The van der Waals surface area contributed by atoms with Gasteiger partial charge in [-0.15, -0.1) is 5.06 Å². The van der Waals surface area contributed by atoms with Gasteiger partial charge in [0.05, 0.1) is 0 Å². The molecule has 0 spiro atoms. The van der Waals surface area contributed by atoms with Gasteiger partial charge in [0.15, 0.2) is 0 Å². The van der Waals surface area contributed by atoms with E-state index in [1.807, 2.05) is 5.06 Å². The van der Waals surface area contributed by atoms with E-state index in [1.54, 1.807) is 0 Å². The first-order valence-electron chi connectivity index (χ1n) is 3.85. The van der Waals surface area contributed by atoms with Crippen LogP contribution in [0.4, 0.5) is 0 Å². The molecule has 0 atom stereocenters. The standard InChI is InChI=1S/C8H15NO/c1-3-10-9-6-4-8(2)5-7-9/h3,8H,1,4-7H2,2H3. The van der Waals surface area contributed by atoms with Crippen LogP contribution in [0.15, 0.2) is 12.8 Å². The molecule has 2 nitrogen and oxygen atoms in total. The van der Waals surface area contributed by atoms with Crippen molar-refractivity contribution in [2.24, 2.45) is 5.92 Å². The molecule has 0 aromatic heterocycles. The summed E-state index contributed by atoms with van der Waals surface area (Å²) in [5, 5.41) is 1.97. The molecule has 1 aliphatic rings. The highest BCUT2D eigenvalue weighted by atomic mass is 16.7. The largest absolute Gasteiger partial charge is 0.414 e. The lowest BCUT2D eigenvalue weighted by atomic mass is 10.0. The Labute approximate surface area is 62.4 Å². The van der Waals surface area contributed by atoms with Crippen LogP contribution < -0.4 is 0 Å². The van der Waals surface area contributed by atoms with Crippen molar-refractivity contribution < 1.29 is 4.84 Å². The average molecular weight is 141 g/mol. The molecule has 0 amide bonds. The molecule has 1 rings (SSSR count). The van der Waals surface area contributed by atoms with E-state index >= 15 is 0 Å². The lowest BCUT2D eigenvalue weighted by Crippen LogP contribution is -2.31. The van der Waals surface area contributed by atoms with Crippen LogP contribution in [0.5, 0.6) is 0 Å². The van der Waals surface area contributed by atoms with Crippen molar-refractivity contribution in [2.75, 3.05) is 13.1 Å². The van der Waals surface area contributed by atoms with E-state index in [1.165, 1.54) is 19.1 Å². The summed E-state index contributed by atoms with van der Waals surface area (Å²) in [5.74, 6) is 0.865. The second-order valence-corrected chi connectivity index (χ2v) is 2.88. The Hall–Kier alpha value is -0.500. The Bertz CT molecular complexity index is 106. The summed E-state index contributed by atoms with van der Waals surface area (Å²) in [5.41, 5.74) is 0. The molecule has 58 valence electrons. The molecule has 0 radical (unpaired) electrons. The predicted molar refractivity (Wildman–Crippen MR) is 41.3 cm³/mol. The van der Waals surface area contributed by atoms with Gasteiger partial charge in [0.2, 0.25) is 0 Å². The molecule has 1 aliphatic heterocycles. The van der Waals surface area contributed by atoms with Gasteiger partial charge in [0.25, 0.3) is 0 Å². The predicted octanol–water partition coefficient (Wildman–Crippen LogP) is 1.79. The van der Waals surface area contributed by atoms with E-state index in [4.69, 9.17) is 4.84 Å². The smallest absolute Gasteiger partial charge is 0.104 e. The van der Waals surface area contributed by atoms with Gasteiger partial charge in [-0.05, 0) is 18.8 Å². The Kier molecular flexibility index (Phi) is 2.75. The first-order chi connectivity index (χ1) is 4.83. The van der Waals surface area contributed by atoms with Crippen molar-refractivity contribution in [3.05, 3.63) is 12.8 Å². The normalized spacial score (nSPS) is 22.5. The van der Waals surface area contributed by atoms with Crippen molar-refractivity contribution in [1.29, 1.82) is 0 Å². The first-order valence-corrected chi connectivity index (χ1v) is 3.85. The number of nitrogens with zero attached hydrogens (tertiary/aromatic N) is 1. The van der Waals surface area contributed by atoms with Gasteiger partial charge in [-0.1, -0.05) is 13.5 Å². The van der Waals surface area contributed by atoms with Gasteiger partial charge < -0.3 is 4.84 Å². The molecule has 1 fully saturated rings. The fourth-order valence-electron chi connectivity index (χ4n) is 1.20. The zero-order valence-electron chi connectivity index (χ0n) is 6.55. The summed E-state index contributed by atoms with van der Waals surface area (Å²) in [4.78, 5) is 5.13. The first kappa shape index (κ1) is 7.61. The monoisotopic (exact) mass is 141 g/mol. The SMILES string of the molecule is C=CON1CCC(C)CC1. The molecule has 0 unspecified atom stereocenters. The summed E-state index contributed by atoms with van der Waals surface area (Å²) in [6, 6.07) is 0. The molecule has 10 heavy (non-hydrogen) atoms. The van der Waals surface area contributed by atoms with Gasteiger partial charge in [-0.2, -0.15) is 0 Å². The van der Waals surface area contributed by atoms with E-state index < -0.39 is 0 Å². The number of hydroxylamine groups is 2. The minimum absolute atomic E-state index is 0.865. The summed E-state index contributed by atoms with van der Waals surface area (Å²) < 4.78 is 0. The third-order valence-corrected chi connectivity index (χ3v) is 1.97. The minimum atomic E-state index is 0.865.